The first-order valence-corrected chi connectivity index (χ1v) is 7.07. The van der Waals surface area contributed by atoms with Gasteiger partial charge in [0.05, 0.1) is 0 Å². The predicted octanol–water partition coefficient (Wildman–Crippen LogP) is 4.56. The van der Waals surface area contributed by atoms with Crippen LogP contribution >= 0.6 is 15.9 Å². The Morgan fingerprint density at radius 1 is 1.45 bits per heavy atom. The number of carbonyl (C=O) groups excluding carboxylic acids is 1. The van der Waals surface area contributed by atoms with Gasteiger partial charge < -0.3 is 10.4 Å². The molecule has 2 N–H and O–H groups in total. The van der Waals surface area contributed by atoms with Crippen molar-refractivity contribution in [1.82, 2.24) is 0 Å². The van der Waals surface area contributed by atoms with Crippen LogP contribution in [0.1, 0.15) is 13.3 Å². The summed E-state index contributed by atoms with van der Waals surface area (Å²) >= 11 is 3.31. The van der Waals surface area contributed by atoms with E-state index < -0.39 is 0 Å². The largest absolute Gasteiger partial charge is 0.508 e. The van der Waals surface area contributed by atoms with Crippen LogP contribution in [0.4, 0.5) is 5.69 Å². The van der Waals surface area contributed by atoms with Crippen LogP contribution in [-0.2, 0) is 4.79 Å². The standard InChI is InChI=1S/C16H18BrNO2/c1-3-15(19)11-13(17)10-9-12(2)16(20)18-14-7-5-4-6-8-14/h3-8,10-12,19H,1,9H2,2H3,(H,18,20)/b13-10+,15-11+. The number of aliphatic hydroxyl groups is 1. The highest BCUT2D eigenvalue weighted by Gasteiger charge is 2.11. The molecular formula is C16H18BrNO2. The molecule has 0 saturated heterocycles. The van der Waals surface area contributed by atoms with Crippen LogP contribution in [-0.4, -0.2) is 11.0 Å². The fraction of sp³-hybridized carbons (Fsp3) is 0.188. The molecule has 0 bridgehead atoms. The Morgan fingerprint density at radius 2 is 2.10 bits per heavy atom. The third-order valence-corrected chi connectivity index (χ3v) is 3.20. The number of benzene rings is 1. The van der Waals surface area contributed by atoms with E-state index in [1.807, 2.05) is 43.3 Å². The van der Waals surface area contributed by atoms with E-state index in [0.717, 1.165) is 5.69 Å². The number of anilines is 1. The summed E-state index contributed by atoms with van der Waals surface area (Å²) in [5, 5.41) is 12.1. The predicted molar refractivity (Wildman–Crippen MR) is 86.8 cm³/mol. The van der Waals surface area contributed by atoms with Gasteiger partial charge >= 0.3 is 0 Å². The number of rotatable bonds is 6. The zero-order chi connectivity index (χ0) is 15.0. The molecule has 0 saturated carbocycles. The van der Waals surface area contributed by atoms with E-state index in [2.05, 4.69) is 27.8 Å². The summed E-state index contributed by atoms with van der Waals surface area (Å²) in [4.78, 5) is 12.0. The molecule has 0 heterocycles. The first-order valence-electron chi connectivity index (χ1n) is 6.27. The monoisotopic (exact) mass is 335 g/mol. The molecule has 4 heteroatoms. The SMILES string of the molecule is C=C/C(O)=C\C(Br)=C/CC(C)C(=O)Nc1ccccc1. The minimum absolute atomic E-state index is 0.0373. The highest BCUT2D eigenvalue weighted by molar-refractivity contribution is 9.11. The molecule has 1 aromatic carbocycles. The second-order valence-corrected chi connectivity index (χ2v) is 5.27. The molecule has 1 aromatic rings. The van der Waals surface area contributed by atoms with Gasteiger partial charge in [0.2, 0.25) is 5.91 Å². The van der Waals surface area contributed by atoms with E-state index in [1.165, 1.54) is 12.2 Å². The zero-order valence-corrected chi connectivity index (χ0v) is 12.9. The van der Waals surface area contributed by atoms with Crippen LogP contribution < -0.4 is 5.32 Å². The zero-order valence-electron chi connectivity index (χ0n) is 11.3. The molecule has 1 atom stereocenters. The van der Waals surface area contributed by atoms with Crippen molar-refractivity contribution in [2.75, 3.05) is 5.32 Å². The number of carbonyl (C=O) groups is 1. The van der Waals surface area contributed by atoms with Crippen LogP contribution in [0.15, 0.2) is 65.4 Å². The van der Waals surface area contributed by atoms with Crippen molar-refractivity contribution >= 4 is 27.5 Å². The lowest BCUT2D eigenvalue weighted by atomic mass is 10.1. The number of nitrogens with one attached hydrogen (secondary N) is 1. The van der Waals surface area contributed by atoms with Crippen molar-refractivity contribution in [2.45, 2.75) is 13.3 Å². The van der Waals surface area contributed by atoms with Gasteiger partial charge in [-0.2, -0.15) is 0 Å². The Hall–Kier alpha value is -1.81. The van der Waals surface area contributed by atoms with Crippen molar-refractivity contribution < 1.29 is 9.90 Å². The van der Waals surface area contributed by atoms with Crippen molar-refractivity contribution in [1.29, 1.82) is 0 Å². The lowest BCUT2D eigenvalue weighted by Gasteiger charge is -2.10. The van der Waals surface area contributed by atoms with Gasteiger partial charge in [0.1, 0.15) is 5.76 Å². The summed E-state index contributed by atoms with van der Waals surface area (Å²) in [5.74, 6) is -0.124. The molecule has 0 aliphatic rings. The number of allylic oxidation sites excluding steroid dienone is 4. The molecule has 0 aliphatic carbocycles. The molecule has 106 valence electrons. The van der Waals surface area contributed by atoms with Crippen LogP contribution in [0.2, 0.25) is 0 Å². The van der Waals surface area contributed by atoms with E-state index in [-0.39, 0.29) is 17.6 Å². The summed E-state index contributed by atoms with van der Waals surface area (Å²) in [6, 6.07) is 9.35. The van der Waals surface area contributed by atoms with Gasteiger partial charge in [0.25, 0.3) is 0 Å². The Labute approximate surface area is 127 Å². The van der Waals surface area contributed by atoms with Gasteiger partial charge in [0.15, 0.2) is 0 Å². The molecule has 1 amide bonds. The molecule has 20 heavy (non-hydrogen) atoms. The van der Waals surface area contributed by atoms with Gasteiger partial charge in [0, 0.05) is 16.1 Å². The molecule has 0 radical (unpaired) electrons. The third kappa shape index (κ3) is 5.89. The molecule has 1 rings (SSSR count). The van der Waals surface area contributed by atoms with E-state index in [0.29, 0.717) is 10.9 Å². The smallest absolute Gasteiger partial charge is 0.227 e. The summed E-state index contributed by atoms with van der Waals surface area (Å²) in [5.41, 5.74) is 0.789. The molecule has 0 aliphatic heterocycles. The minimum atomic E-state index is -0.165. The topological polar surface area (TPSA) is 49.3 Å². The second-order valence-electron chi connectivity index (χ2n) is 4.35. The number of aliphatic hydroxyl groups excluding tert-OH is 1. The average molecular weight is 336 g/mol. The average Bonchev–Trinajstić information content (AvgIpc) is 2.45. The maximum Gasteiger partial charge on any atom is 0.227 e. The van der Waals surface area contributed by atoms with Crippen LogP contribution in [0.25, 0.3) is 0 Å². The lowest BCUT2D eigenvalue weighted by molar-refractivity contribution is -0.119. The quantitative estimate of drug-likeness (QED) is 0.591. The van der Waals surface area contributed by atoms with Gasteiger partial charge in [-0.15, -0.1) is 0 Å². The Balaban J connectivity index is 2.54. The van der Waals surface area contributed by atoms with Crippen LogP contribution in [0.3, 0.4) is 0 Å². The maximum absolute atomic E-state index is 12.0. The highest BCUT2D eigenvalue weighted by atomic mass is 79.9. The van der Waals surface area contributed by atoms with Crippen LogP contribution in [0, 0.1) is 5.92 Å². The molecule has 0 fully saturated rings. The normalized spacial score (nSPS) is 13.7. The Bertz CT molecular complexity index is 521. The Morgan fingerprint density at radius 3 is 2.70 bits per heavy atom. The number of amides is 1. The fourth-order valence-corrected chi connectivity index (χ4v) is 1.86. The molecule has 0 spiro atoms. The minimum Gasteiger partial charge on any atom is -0.508 e. The summed E-state index contributed by atoms with van der Waals surface area (Å²) in [6.45, 7) is 5.31. The Kier molecular flexibility index (Phi) is 6.81. The summed E-state index contributed by atoms with van der Waals surface area (Å²) in [6.07, 6.45) is 5.30. The molecule has 0 aromatic heterocycles. The van der Waals surface area contributed by atoms with Crippen molar-refractivity contribution in [3.05, 3.63) is 65.4 Å². The van der Waals surface area contributed by atoms with Crippen molar-refractivity contribution in [2.24, 2.45) is 5.92 Å². The number of halogens is 1. The van der Waals surface area contributed by atoms with E-state index in [4.69, 9.17) is 0 Å². The lowest BCUT2D eigenvalue weighted by Crippen LogP contribution is -2.19. The number of para-hydroxylation sites is 1. The first kappa shape index (κ1) is 16.2. The van der Waals surface area contributed by atoms with Crippen LogP contribution in [0.5, 0.6) is 0 Å². The van der Waals surface area contributed by atoms with E-state index in [9.17, 15) is 9.90 Å². The fourth-order valence-electron chi connectivity index (χ4n) is 1.44. The van der Waals surface area contributed by atoms with Crippen molar-refractivity contribution in [3.63, 3.8) is 0 Å². The third-order valence-electron chi connectivity index (χ3n) is 2.65. The van der Waals surface area contributed by atoms with E-state index >= 15 is 0 Å². The summed E-state index contributed by atoms with van der Waals surface area (Å²) < 4.78 is 0.717. The van der Waals surface area contributed by atoms with Gasteiger partial charge in [-0.25, -0.2) is 0 Å². The molecule has 1 unspecified atom stereocenters. The molecule has 3 nitrogen and oxygen atoms in total. The van der Waals surface area contributed by atoms with Crippen molar-refractivity contribution in [3.8, 4) is 0 Å². The van der Waals surface area contributed by atoms with Gasteiger partial charge in [-0.3, -0.25) is 4.79 Å². The number of hydrogen-bond acceptors (Lipinski definition) is 2. The van der Waals surface area contributed by atoms with Gasteiger partial charge in [-0.1, -0.05) is 53.7 Å². The number of hydrogen-bond donors (Lipinski definition) is 2. The molecular weight excluding hydrogens is 318 g/mol. The highest BCUT2D eigenvalue weighted by Crippen LogP contribution is 2.15. The maximum atomic E-state index is 12.0. The summed E-state index contributed by atoms with van der Waals surface area (Å²) in [7, 11) is 0. The van der Waals surface area contributed by atoms with E-state index in [1.54, 1.807) is 0 Å². The second kappa shape index (κ2) is 8.38. The van der Waals surface area contributed by atoms with Gasteiger partial charge in [-0.05, 0) is 30.7 Å². The first-order chi connectivity index (χ1) is 9.52.